The van der Waals surface area contributed by atoms with Crippen LogP contribution in [-0.4, -0.2) is 30.2 Å². The molecule has 1 aliphatic carbocycles. The number of phenols is 1. The molecule has 2 rings (SSSR count). The second-order valence-electron chi connectivity index (χ2n) is 4.51. The Hall–Kier alpha value is -2.10. The summed E-state index contributed by atoms with van der Waals surface area (Å²) in [5, 5.41) is 12.9. The van der Waals surface area contributed by atoms with Crippen molar-refractivity contribution in [2.75, 3.05) is 19.0 Å². The van der Waals surface area contributed by atoms with Crippen LogP contribution in [0, 0.1) is 6.92 Å². The number of aliphatic imine (C=N–C) groups is 2. The average molecular weight is 257 g/mol. The lowest BCUT2D eigenvalue weighted by Crippen LogP contribution is -2.17. The van der Waals surface area contributed by atoms with Crippen LogP contribution in [0.2, 0.25) is 0 Å². The molecule has 0 saturated carbocycles. The number of hydrogen-bond acceptors (Lipinski definition) is 4. The van der Waals surface area contributed by atoms with Crippen LogP contribution in [0.1, 0.15) is 18.4 Å². The molecule has 1 aliphatic rings. The van der Waals surface area contributed by atoms with Gasteiger partial charge in [-0.15, -0.1) is 0 Å². The molecule has 4 nitrogen and oxygen atoms in total. The number of phenolic OH excluding ortho intramolecular Hbond substituents is 1. The number of aromatic hydroxyl groups is 1. The molecule has 1 aromatic rings. The number of aryl methyl sites for hydroxylation is 1. The van der Waals surface area contributed by atoms with Gasteiger partial charge in [0.1, 0.15) is 12.4 Å². The maximum Gasteiger partial charge on any atom is 0.138 e. The number of nitrogens with one attached hydrogen (secondary N) is 1. The first-order valence-electron chi connectivity index (χ1n) is 6.41. The molecular formula is C15H19N3O. The fraction of sp³-hybridized carbons (Fsp3) is 0.333. The topological polar surface area (TPSA) is 57.0 Å². The standard InChI is InChI=1S/C15H19N3O/c1-11-7-8-15(19)14(9-11)18-10-17-13-6-4-3-5-12(13)16-2/h3,5,7-9,18-19H,4,6,10H2,1-2H3. The Morgan fingerprint density at radius 1 is 1.37 bits per heavy atom. The van der Waals surface area contributed by atoms with Crippen molar-refractivity contribution in [1.29, 1.82) is 0 Å². The molecule has 0 amide bonds. The summed E-state index contributed by atoms with van der Waals surface area (Å²) in [5.41, 5.74) is 3.78. The van der Waals surface area contributed by atoms with Gasteiger partial charge in [0.2, 0.25) is 0 Å². The largest absolute Gasteiger partial charge is 0.506 e. The van der Waals surface area contributed by atoms with Crippen molar-refractivity contribution in [3.63, 3.8) is 0 Å². The van der Waals surface area contributed by atoms with E-state index in [1.165, 1.54) is 0 Å². The van der Waals surface area contributed by atoms with Gasteiger partial charge < -0.3 is 10.4 Å². The average Bonchev–Trinajstić information content (AvgIpc) is 2.43. The predicted molar refractivity (Wildman–Crippen MR) is 80.5 cm³/mol. The summed E-state index contributed by atoms with van der Waals surface area (Å²) in [6.45, 7) is 2.43. The van der Waals surface area contributed by atoms with Crippen molar-refractivity contribution in [3.05, 3.63) is 35.9 Å². The Balaban J connectivity index is 2.03. The summed E-state index contributed by atoms with van der Waals surface area (Å²) in [4.78, 5) is 8.72. The number of allylic oxidation sites excluding steroid dienone is 2. The van der Waals surface area contributed by atoms with Crippen LogP contribution in [0.4, 0.5) is 5.69 Å². The molecule has 100 valence electrons. The van der Waals surface area contributed by atoms with E-state index < -0.39 is 0 Å². The van der Waals surface area contributed by atoms with Crippen molar-refractivity contribution < 1.29 is 5.11 Å². The highest BCUT2D eigenvalue weighted by Gasteiger charge is 2.08. The third-order valence-corrected chi connectivity index (χ3v) is 3.05. The Bertz CT molecular complexity index is 544. The molecule has 19 heavy (non-hydrogen) atoms. The second kappa shape index (κ2) is 6.18. The highest BCUT2D eigenvalue weighted by molar-refractivity contribution is 6.47. The van der Waals surface area contributed by atoms with E-state index >= 15 is 0 Å². The van der Waals surface area contributed by atoms with Crippen molar-refractivity contribution in [3.8, 4) is 5.75 Å². The molecule has 0 heterocycles. The molecule has 0 saturated heterocycles. The van der Waals surface area contributed by atoms with Crippen LogP contribution >= 0.6 is 0 Å². The molecule has 1 aromatic carbocycles. The smallest absolute Gasteiger partial charge is 0.138 e. The Morgan fingerprint density at radius 2 is 2.21 bits per heavy atom. The zero-order valence-corrected chi connectivity index (χ0v) is 11.3. The minimum Gasteiger partial charge on any atom is -0.506 e. The fourth-order valence-corrected chi connectivity index (χ4v) is 2.01. The molecule has 0 aliphatic heterocycles. The lowest BCUT2D eigenvalue weighted by molar-refractivity contribution is 0.477. The monoisotopic (exact) mass is 257 g/mol. The Labute approximate surface area is 113 Å². The normalized spacial score (nSPS) is 19.1. The quantitative estimate of drug-likeness (QED) is 0.818. The second-order valence-corrected chi connectivity index (χ2v) is 4.51. The van der Waals surface area contributed by atoms with E-state index in [0.717, 1.165) is 29.8 Å². The van der Waals surface area contributed by atoms with Crippen LogP contribution in [0.5, 0.6) is 5.75 Å². The highest BCUT2D eigenvalue weighted by atomic mass is 16.3. The SMILES string of the molecule is CN=C1C=CCCC1=NCNc1cc(C)ccc1O. The van der Waals surface area contributed by atoms with E-state index in [0.29, 0.717) is 12.4 Å². The molecule has 4 heteroatoms. The van der Waals surface area contributed by atoms with E-state index in [9.17, 15) is 5.11 Å². The number of rotatable bonds is 3. The van der Waals surface area contributed by atoms with E-state index in [1.54, 1.807) is 13.1 Å². The molecule has 0 fully saturated rings. The van der Waals surface area contributed by atoms with E-state index in [-0.39, 0.29) is 5.75 Å². The van der Waals surface area contributed by atoms with Gasteiger partial charge in [0.05, 0.1) is 17.1 Å². The van der Waals surface area contributed by atoms with Crippen LogP contribution in [0.3, 0.4) is 0 Å². The van der Waals surface area contributed by atoms with Gasteiger partial charge in [0.15, 0.2) is 0 Å². The zero-order valence-electron chi connectivity index (χ0n) is 11.3. The number of anilines is 1. The first kappa shape index (κ1) is 13.3. The number of nitrogens with zero attached hydrogens (tertiary/aromatic N) is 2. The summed E-state index contributed by atoms with van der Waals surface area (Å²) in [5.74, 6) is 0.249. The first-order valence-corrected chi connectivity index (χ1v) is 6.41. The Kier molecular flexibility index (Phi) is 4.34. The minimum atomic E-state index is 0.249. The first-order chi connectivity index (χ1) is 9.20. The highest BCUT2D eigenvalue weighted by Crippen LogP contribution is 2.23. The van der Waals surface area contributed by atoms with Gasteiger partial charge in [-0.2, -0.15) is 0 Å². The maximum absolute atomic E-state index is 9.72. The molecule has 0 radical (unpaired) electrons. The molecule has 0 unspecified atom stereocenters. The summed E-state index contributed by atoms with van der Waals surface area (Å²) in [7, 11) is 1.78. The van der Waals surface area contributed by atoms with Crippen LogP contribution in [-0.2, 0) is 0 Å². The summed E-state index contributed by atoms with van der Waals surface area (Å²) >= 11 is 0. The van der Waals surface area contributed by atoms with E-state index in [4.69, 9.17) is 0 Å². The molecule has 0 bridgehead atoms. The predicted octanol–water partition coefficient (Wildman–Crippen LogP) is 2.93. The number of hydrogen-bond donors (Lipinski definition) is 2. The summed E-state index contributed by atoms with van der Waals surface area (Å²) in [6, 6.07) is 5.47. The van der Waals surface area contributed by atoms with Gasteiger partial charge in [0.25, 0.3) is 0 Å². The molecule has 0 spiro atoms. The fourth-order valence-electron chi connectivity index (χ4n) is 2.01. The van der Waals surface area contributed by atoms with Crippen LogP contribution in [0.25, 0.3) is 0 Å². The van der Waals surface area contributed by atoms with Crippen LogP contribution in [0.15, 0.2) is 40.3 Å². The molecule has 0 atom stereocenters. The molecule has 2 N–H and O–H groups in total. The molecular weight excluding hydrogens is 238 g/mol. The zero-order chi connectivity index (χ0) is 13.7. The van der Waals surface area contributed by atoms with Gasteiger partial charge in [-0.3, -0.25) is 9.98 Å². The van der Waals surface area contributed by atoms with Crippen molar-refractivity contribution in [2.45, 2.75) is 19.8 Å². The third kappa shape index (κ3) is 3.44. The van der Waals surface area contributed by atoms with Gasteiger partial charge in [-0.1, -0.05) is 12.1 Å². The van der Waals surface area contributed by atoms with E-state index in [2.05, 4.69) is 21.4 Å². The minimum absolute atomic E-state index is 0.249. The van der Waals surface area contributed by atoms with E-state index in [1.807, 2.05) is 25.1 Å². The Morgan fingerprint density at radius 3 is 3.00 bits per heavy atom. The van der Waals surface area contributed by atoms with Gasteiger partial charge in [0, 0.05) is 7.05 Å². The van der Waals surface area contributed by atoms with Gasteiger partial charge in [-0.05, 0) is 43.5 Å². The van der Waals surface area contributed by atoms with Gasteiger partial charge in [-0.25, -0.2) is 0 Å². The summed E-state index contributed by atoms with van der Waals surface area (Å²) in [6.07, 6.45) is 6.05. The van der Waals surface area contributed by atoms with Gasteiger partial charge >= 0.3 is 0 Å². The third-order valence-electron chi connectivity index (χ3n) is 3.05. The van der Waals surface area contributed by atoms with Crippen molar-refractivity contribution in [2.24, 2.45) is 9.98 Å². The number of benzene rings is 1. The lowest BCUT2D eigenvalue weighted by Gasteiger charge is -2.11. The maximum atomic E-state index is 9.72. The lowest BCUT2D eigenvalue weighted by atomic mass is 10.0. The van der Waals surface area contributed by atoms with Crippen molar-refractivity contribution in [1.82, 2.24) is 0 Å². The molecule has 0 aromatic heterocycles. The summed E-state index contributed by atoms with van der Waals surface area (Å²) < 4.78 is 0. The van der Waals surface area contributed by atoms with Crippen molar-refractivity contribution >= 4 is 17.1 Å². The van der Waals surface area contributed by atoms with Crippen LogP contribution < -0.4 is 5.32 Å².